The lowest BCUT2D eigenvalue weighted by molar-refractivity contribution is 0.0947. The maximum absolute atomic E-state index is 12.2. The minimum absolute atomic E-state index is 0.224. The summed E-state index contributed by atoms with van der Waals surface area (Å²) in [6, 6.07) is 8.87. The average Bonchev–Trinajstić information content (AvgIpc) is 3.30. The number of furan rings is 1. The summed E-state index contributed by atoms with van der Waals surface area (Å²) in [5.74, 6) is 1.61. The number of rotatable bonds is 6. The molecule has 0 unspecified atom stereocenters. The summed E-state index contributed by atoms with van der Waals surface area (Å²) in [6.07, 6.45) is 0.606. The van der Waals surface area contributed by atoms with Crippen LogP contribution >= 0.6 is 11.3 Å². The van der Waals surface area contributed by atoms with Crippen molar-refractivity contribution < 1.29 is 14.0 Å². The highest BCUT2D eigenvalue weighted by molar-refractivity contribution is 7.12. The predicted molar refractivity (Wildman–Crippen MR) is 95.0 cm³/mol. The second-order valence-electron chi connectivity index (χ2n) is 5.49. The molecule has 0 aliphatic carbocycles. The number of thiophene rings is 1. The number of hydrogen-bond acceptors (Lipinski definition) is 5. The molecular formula is C17H18N4O3S. The van der Waals surface area contributed by atoms with Gasteiger partial charge in [-0.3, -0.25) is 14.3 Å². The standard InChI is InChI=1S/C17H18N4O3S/c1-11-5-6-12(24-11)7-8-18-16(22)13-10-15(21(2)20-13)19-17(23)14-4-3-9-25-14/h3-6,9-10H,7-8H2,1-2H3,(H,18,22)(H,19,23). The van der Waals surface area contributed by atoms with E-state index in [0.717, 1.165) is 11.5 Å². The molecule has 2 N–H and O–H groups in total. The Bertz CT molecular complexity index is 880. The molecule has 0 fully saturated rings. The third kappa shape index (κ3) is 4.16. The molecular weight excluding hydrogens is 340 g/mol. The fourth-order valence-electron chi connectivity index (χ4n) is 2.29. The maximum Gasteiger partial charge on any atom is 0.271 e. The average molecular weight is 358 g/mol. The zero-order valence-electron chi connectivity index (χ0n) is 13.9. The fraction of sp³-hybridized carbons (Fsp3) is 0.235. The van der Waals surface area contributed by atoms with Crippen LogP contribution in [0.1, 0.15) is 31.7 Å². The highest BCUT2D eigenvalue weighted by atomic mass is 32.1. The number of carbonyl (C=O) groups excluding carboxylic acids is 2. The second-order valence-corrected chi connectivity index (χ2v) is 6.44. The molecule has 130 valence electrons. The topological polar surface area (TPSA) is 89.2 Å². The number of nitrogens with zero attached hydrogens (tertiary/aromatic N) is 2. The van der Waals surface area contributed by atoms with Crippen LogP contribution in [-0.4, -0.2) is 28.1 Å². The Labute approximate surface area is 148 Å². The Kier molecular flexibility index (Phi) is 4.99. The number of aromatic nitrogens is 2. The fourth-order valence-corrected chi connectivity index (χ4v) is 2.91. The highest BCUT2D eigenvalue weighted by Crippen LogP contribution is 2.14. The first-order valence-corrected chi connectivity index (χ1v) is 8.63. The van der Waals surface area contributed by atoms with Gasteiger partial charge in [-0.15, -0.1) is 11.3 Å². The van der Waals surface area contributed by atoms with Gasteiger partial charge in [0.15, 0.2) is 5.69 Å². The van der Waals surface area contributed by atoms with Crippen LogP contribution in [0.4, 0.5) is 5.82 Å². The zero-order chi connectivity index (χ0) is 17.8. The van der Waals surface area contributed by atoms with Gasteiger partial charge in [0.05, 0.1) is 4.88 Å². The number of aryl methyl sites for hydroxylation is 2. The van der Waals surface area contributed by atoms with Crippen LogP contribution in [0.15, 0.2) is 40.1 Å². The van der Waals surface area contributed by atoms with Gasteiger partial charge in [0.2, 0.25) is 0 Å². The molecule has 3 heterocycles. The molecule has 25 heavy (non-hydrogen) atoms. The van der Waals surface area contributed by atoms with Crippen molar-refractivity contribution in [2.24, 2.45) is 7.05 Å². The lowest BCUT2D eigenvalue weighted by Gasteiger charge is -2.02. The highest BCUT2D eigenvalue weighted by Gasteiger charge is 2.15. The van der Waals surface area contributed by atoms with E-state index < -0.39 is 0 Å². The van der Waals surface area contributed by atoms with Crippen molar-refractivity contribution in [2.75, 3.05) is 11.9 Å². The number of amides is 2. The summed E-state index contributed by atoms with van der Waals surface area (Å²) in [7, 11) is 1.67. The molecule has 0 spiro atoms. The molecule has 3 aromatic rings. The Balaban J connectivity index is 1.57. The van der Waals surface area contributed by atoms with E-state index in [0.29, 0.717) is 23.7 Å². The van der Waals surface area contributed by atoms with Crippen molar-refractivity contribution >= 4 is 29.0 Å². The Morgan fingerprint density at radius 1 is 1.28 bits per heavy atom. The molecule has 0 atom stereocenters. The quantitative estimate of drug-likeness (QED) is 0.709. The molecule has 0 aliphatic heterocycles. The molecule has 0 aliphatic rings. The number of hydrogen-bond donors (Lipinski definition) is 2. The van der Waals surface area contributed by atoms with Crippen LogP contribution in [0.25, 0.3) is 0 Å². The van der Waals surface area contributed by atoms with E-state index in [-0.39, 0.29) is 17.5 Å². The summed E-state index contributed by atoms with van der Waals surface area (Å²) < 4.78 is 6.92. The molecule has 0 saturated carbocycles. The first kappa shape index (κ1) is 17.0. The molecule has 2 amide bonds. The molecule has 7 nitrogen and oxygen atoms in total. The summed E-state index contributed by atoms with van der Waals surface area (Å²) in [4.78, 5) is 24.9. The Morgan fingerprint density at radius 2 is 2.12 bits per heavy atom. The zero-order valence-corrected chi connectivity index (χ0v) is 14.7. The van der Waals surface area contributed by atoms with Crippen molar-refractivity contribution in [1.82, 2.24) is 15.1 Å². The SMILES string of the molecule is Cc1ccc(CCNC(=O)c2cc(NC(=O)c3cccs3)n(C)n2)o1. The summed E-state index contributed by atoms with van der Waals surface area (Å²) in [5.41, 5.74) is 0.250. The third-order valence-electron chi connectivity index (χ3n) is 3.55. The van der Waals surface area contributed by atoms with Gasteiger partial charge in [-0.2, -0.15) is 5.10 Å². The minimum Gasteiger partial charge on any atom is -0.466 e. The third-order valence-corrected chi connectivity index (χ3v) is 4.42. The van der Waals surface area contributed by atoms with Crippen LogP contribution in [0.5, 0.6) is 0 Å². The maximum atomic E-state index is 12.2. The van der Waals surface area contributed by atoms with Crippen molar-refractivity contribution in [3.8, 4) is 0 Å². The predicted octanol–water partition coefficient (Wildman–Crippen LogP) is 2.61. The van der Waals surface area contributed by atoms with Gasteiger partial charge in [-0.1, -0.05) is 6.07 Å². The first-order valence-electron chi connectivity index (χ1n) is 7.75. The number of nitrogens with one attached hydrogen (secondary N) is 2. The number of carbonyl (C=O) groups is 2. The molecule has 0 radical (unpaired) electrons. The van der Waals surface area contributed by atoms with Gasteiger partial charge in [-0.05, 0) is 30.5 Å². The molecule has 8 heteroatoms. The van der Waals surface area contributed by atoms with Crippen LogP contribution in [0.3, 0.4) is 0 Å². The van der Waals surface area contributed by atoms with E-state index in [1.54, 1.807) is 19.2 Å². The van der Waals surface area contributed by atoms with E-state index in [1.807, 2.05) is 30.5 Å². The van der Waals surface area contributed by atoms with Gasteiger partial charge in [0.25, 0.3) is 11.8 Å². The van der Waals surface area contributed by atoms with Crippen LogP contribution in [-0.2, 0) is 13.5 Å². The Hall–Kier alpha value is -2.87. The largest absolute Gasteiger partial charge is 0.466 e. The van der Waals surface area contributed by atoms with Gasteiger partial charge in [0, 0.05) is 26.1 Å². The van der Waals surface area contributed by atoms with Crippen molar-refractivity contribution in [3.05, 3.63) is 57.8 Å². The smallest absolute Gasteiger partial charge is 0.271 e. The van der Waals surface area contributed by atoms with E-state index in [2.05, 4.69) is 15.7 Å². The van der Waals surface area contributed by atoms with Crippen LogP contribution in [0.2, 0.25) is 0 Å². The summed E-state index contributed by atoms with van der Waals surface area (Å²) >= 11 is 1.35. The van der Waals surface area contributed by atoms with E-state index >= 15 is 0 Å². The van der Waals surface area contributed by atoms with Crippen LogP contribution < -0.4 is 10.6 Å². The van der Waals surface area contributed by atoms with Crippen LogP contribution in [0, 0.1) is 6.92 Å². The van der Waals surface area contributed by atoms with Gasteiger partial charge in [0.1, 0.15) is 17.3 Å². The second kappa shape index (κ2) is 7.35. The van der Waals surface area contributed by atoms with E-state index in [9.17, 15) is 9.59 Å². The molecule has 0 aromatic carbocycles. The molecule has 0 bridgehead atoms. The summed E-state index contributed by atoms with van der Waals surface area (Å²) in [5, 5.41) is 11.5. The Morgan fingerprint density at radius 3 is 2.80 bits per heavy atom. The van der Waals surface area contributed by atoms with Crippen molar-refractivity contribution in [1.29, 1.82) is 0 Å². The van der Waals surface area contributed by atoms with Gasteiger partial charge < -0.3 is 15.1 Å². The summed E-state index contributed by atoms with van der Waals surface area (Å²) in [6.45, 7) is 2.32. The number of anilines is 1. The molecule has 3 rings (SSSR count). The van der Waals surface area contributed by atoms with Crippen molar-refractivity contribution in [2.45, 2.75) is 13.3 Å². The van der Waals surface area contributed by atoms with Gasteiger partial charge in [-0.25, -0.2) is 0 Å². The molecule has 3 aromatic heterocycles. The van der Waals surface area contributed by atoms with E-state index in [4.69, 9.17) is 4.42 Å². The normalized spacial score (nSPS) is 10.6. The lowest BCUT2D eigenvalue weighted by atomic mass is 10.3. The first-order chi connectivity index (χ1) is 12.0. The lowest BCUT2D eigenvalue weighted by Crippen LogP contribution is -2.26. The monoisotopic (exact) mass is 358 g/mol. The van der Waals surface area contributed by atoms with Gasteiger partial charge >= 0.3 is 0 Å². The van der Waals surface area contributed by atoms with E-state index in [1.165, 1.54) is 16.0 Å². The molecule has 0 saturated heterocycles. The minimum atomic E-state index is -0.296. The van der Waals surface area contributed by atoms with Crippen molar-refractivity contribution in [3.63, 3.8) is 0 Å².